The van der Waals surface area contributed by atoms with Crippen molar-refractivity contribution < 1.29 is 14.3 Å². The number of hydrogen-bond donors (Lipinski definition) is 0. The van der Waals surface area contributed by atoms with E-state index in [0.717, 1.165) is 27.9 Å². The van der Waals surface area contributed by atoms with Crippen molar-refractivity contribution in [1.82, 2.24) is 4.90 Å². The molecule has 170 valence electrons. The second-order valence-corrected chi connectivity index (χ2v) is 8.58. The van der Waals surface area contributed by atoms with Gasteiger partial charge in [0, 0.05) is 24.3 Å². The molecule has 5 heteroatoms. The quantitative estimate of drug-likeness (QED) is 0.563. The summed E-state index contributed by atoms with van der Waals surface area (Å²) in [5.74, 6) is 0.0621. The number of carbonyl (C=O) groups excluding carboxylic acids is 2. The minimum absolute atomic E-state index is 0.0475. The molecule has 0 aliphatic carbocycles. The summed E-state index contributed by atoms with van der Waals surface area (Å²) in [6.45, 7) is 7.02. The third kappa shape index (κ3) is 5.88. The third-order valence-electron chi connectivity index (χ3n) is 5.93. The molecule has 2 amide bonds. The maximum absolute atomic E-state index is 13.5. The summed E-state index contributed by atoms with van der Waals surface area (Å²) in [5.41, 5.74) is 5.75. The topological polar surface area (TPSA) is 49.9 Å². The average molecular weight is 443 g/mol. The molecule has 33 heavy (non-hydrogen) atoms. The second-order valence-electron chi connectivity index (χ2n) is 8.58. The monoisotopic (exact) mass is 442 g/mol. The van der Waals surface area contributed by atoms with Crippen LogP contribution in [0.1, 0.15) is 32.6 Å². The maximum Gasteiger partial charge on any atom is 0.258 e. The highest BCUT2D eigenvalue weighted by Crippen LogP contribution is 2.22. The van der Waals surface area contributed by atoms with Crippen molar-refractivity contribution in [3.63, 3.8) is 0 Å². The summed E-state index contributed by atoms with van der Waals surface area (Å²) < 4.78 is 5.33. The Kier molecular flexibility index (Phi) is 7.20. The summed E-state index contributed by atoms with van der Waals surface area (Å²) in [4.78, 5) is 29.7. The molecule has 1 aliphatic rings. The molecule has 0 radical (unpaired) electrons. The van der Waals surface area contributed by atoms with Crippen LogP contribution in [-0.2, 0) is 22.5 Å². The van der Waals surface area contributed by atoms with Crippen molar-refractivity contribution in [2.75, 3.05) is 31.2 Å². The standard InChI is InChI=1S/C28H30N2O3/c1-21-6-10-25(11-7-21)28(32)30(20-24-5-3-4-22(2)18-24)26-12-8-23(9-13-26)19-27(31)29-14-16-33-17-15-29/h3-13,18H,14-17,19-20H2,1-2H3. The van der Waals surface area contributed by atoms with Gasteiger partial charge < -0.3 is 14.5 Å². The first-order valence-electron chi connectivity index (χ1n) is 11.4. The zero-order chi connectivity index (χ0) is 23.2. The largest absolute Gasteiger partial charge is 0.378 e. The van der Waals surface area contributed by atoms with Gasteiger partial charge in [-0.15, -0.1) is 0 Å². The van der Waals surface area contributed by atoms with Crippen LogP contribution in [0.15, 0.2) is 72.8 Å². The number of benzene rings is 3. The van der Waals surface area contributed by atoms with Gasteiger partial charge in [-0.1, -0.05) is 59.7 Å². The lowest BCUT2D eigenvalue weighted by Gasteiger charge is -2.27. The SMILES string of the molecule is Cc1ccc(C(=O)N(Cc2cccc(C)c2)c2ccc(CC(=O)N3CCOCC3)cc2)cc1. The number of ether oxygens (including phenoxy) is 1. The van der Waals surface area contributed by atoms with Gasteiger partial charge in [0.2, 0.25) is 5.91 Å². The Morgan fingerprint density at radius 1 is 0.848 bits per heavy atom. The first-order valence-corrected chi connectivity index (χ1v) is 11.4. The molecular weight excluding hydrogens is 412 g/mol. The molecule has 1 saturated heterocycles. The first-order chi connectivity index (χ1) is 16.0. The molecule has 3 aromatic carbocycles. The molecule has 3 aromatic rings. The summed E-state index contributed by atoms with van der Waals surface area (Å²) in [6.07, 6.45) is 0.351. The van der Waals surface area contributed by atoms with E-state index in [1.165, 1.54) is 0 Å². The Morgan fingerprint density at radius 3 is 2.21 bits per heavy atom. The number of morpholine rings is 1. The van der Waals surface area contributed by atoms with Gasteiger partial charge in [-0.2, -0.15) is 0 Å². The Labute approximate surface area is 195 Å². The van der Waals surface area contributed by atoms with E-state index in [1.807, 2.05) is 72.5 Å². The van der Waals surface area contributed by atoms with E-state index in [4.69, 9.17) is 4.74 Å². The van der Waals surface area contributed by atoms with Crippen molar-refractivity contribution in [2.24, 2.45) is 0 Å². The van der Waals surface area contributed by atoms with Crippen molar-refractivity contribution in [3.05, 3.63) is 101 Å². The minimum Gasteiger partial charge on any atom is -0.378 e. The Morgan fingerprint density at radius 2 is 1.55 bits per heavy atom. The first kappa shape index (κ1) is 22.7. The van der Waals surface area contributed by atoms with E-state index in [-0.39, 0.29) is 11.8 Å². The minimum atomic E-state index is -0.0475. The molecule has 1 heterocycles. The molecule has 0 spiro atoms. The number of amides is 2. The van der Waals surface area contributed by atoms with Crippen LogP contribution in [0.2, 0.25) is 0 Å². The smallest absolute Gasteiger partial charge is 0.258 e. The molecule has 0 N–H and O–H groups in total. The lowest BCUT2D eigenvalue weighted by Crippen LogP contribution is -2.41. The molecular formula is C28H30N2O3. The molecule has 0 aromatic heterocycles. The van der Waals surface area contributed by atoms with E-state index in [2.05, 4.69) is 19.1 Å². The Balaban J connectivity index is 1.55. The van der Waals surface area contributed by atoms with Crippen molar-refractivity contribution in [2.45, 2.75) is 26.8 Å². The molecule has 0 bridgehead atoms. The van der Waals surface area contributed by atoms with Crippen LogP contribution in [0.5, 0.6) is 0 Å². The van der Waals surface area contributed by atoms with E-state index in [9.17, 15) is 9.59 Å². The van der Waals surface area contributed by atoms with Gasteiger partial charge in [0.05, 0.1) is 26.2 Å². The summed E-state index contributed by atoms with van der Waals surface area (Å²) in [5, 5.41) is 0. The van der Waals surface area contributed by atoms with Crippen molar-refractivity contribution >= 4 is 17.5 Å². The van der Waals surface area contributed by atoms with Gasteiger partial charge in [0.25, 0.3) is 5.91 Å². The molecule has 5 nitrogen and oxygen atoms in total. The van der Waals surface area contributed by atoms with Crippen LogP contribution < -0.4 is 4.90 Å². The lowest BCUT2D eigenvalue weighted by molar-refractivity contribution is -0.134. The predicted molar refractivity (Wildman–Crippen MR) is 130 cm³/mol. The fourth-order valence-corrected chi connectivity index (χ4v) is 4.02. The van der Waals surface area contributed by atoms with Gasteiger partial charge >= 0.3 is 0 Å². The number of nitrogens with zero attached hydrogens (tertiary/aromatic N) is 2. The molecule has 1 fully saturated rings. The highest BCUT2D eigenvalue weighted by atomic mass is 16.5. The van der Waals surface area contributed by atoms with E-state index >= 15 is 0 Å². The van der Waals surface area contributed by atoms with Gasteiger partial charge in [0.1, 0.15) is 0 Å². The van der Waals surface area contributed by atoms with Gasteiger partial charge in [-0.05, 0) is 49.2 Å². The van der Waals surface area contributed by atoms with Crippen molar-refractivity contribution in [1.29, 1.82) is 0 Å². The number of rotatable bonds is 6. The Hall–Kier alpha value is -3.44. The zero-order valence-corrected chi connectivity index (χ0v) is 19.3. The number of carbonyl (C=O) groups is 2. The molecule has 0 saturated carbocycles. The third-order valence-corrected chi connectivity index (χ3v) is 5.93. The zero-order valence-electron chi connectivity index (χ0n) is 19.3. The van der Waals surface area contributed by atoms with Crippen LogP contribution in [0.3, 0.4) is 0 Å². The second kappa shape index (κ2) is 10.5. The summed E-state index contributed by atoms with van der Waals surface area (Å²) in [6, 6.07) is 23.6. The average Bonchev–Trinajstić information content (AvgIpc) is 2.84. The van der Waals surface area contributed by atoms with Crippen LogP contribution in [0, 0.1) is 13.8 Å². The molecule has 0 atom stereocenters. The van der Waals surface area contributed by atoms with E-state index in [1.54, 1.807) is 4.90 Å². The molecule has 1 aliphatic heterocycles. The van der Waals surface area contributed by atoms with E-state index < -0.39 is 0 Å². The fourth-order valence-electron chi connectivity index (χ4n) is 4.02. The summed E-state index contributed by atoms with van der Waals surface area (Å²) >= 11 is 0. The van der Waals surface area contributed by atoms with Gasteiger partial charge in [-0.3, -0.25) is 9.59 Å². The van der Waals surface area contributed by atoms with Gasteiger partial charge in [-0.25, -0.2) is 0 Å². The van der Waals surface area contributed by atoms with Gasteiger partial charge in [0.15, 0.2) is 0 Å². The van der Waals surface area contributed by atoms with Crippen LogP contribution >= 0.6 is 0 Å². The van der Waals surface area contributed by atoms with Crippen LogP contribution in [0.25, 0.3) is 0 Å². The normalized spacial score (nSPS) is 13.6. The lowest BCUT2D eigenvalue weighted by atomic mass is 10.1. The van der Waals surface area contributed by atoms with E-state index in [0.29, 0.717) is 44.8 Å². The number of anilines is 1. The number of hydrogen-bond acceptors (Lipinski definition) is 3. The Bertz CT molecular complexity index is 1100. The predicted octanol–water partition coefficient (Wildman–Crippen LogP) is 4.55. The maximum atomic E-state index is 13.5. The molecule has 0 unspecified atom stereocenters. The van der Waals surface area contributed by atoms with Crippen LogP contribution in [-0.4, -0.2) is 43.0 Å². The number of aryl methyl sites for hydroxylation is 2. The highest BCUT2D eigenvalue weighted by Gasteiger charge is 2.20. The molecule has 4 rings (SSSR count). The summed E-state index contributed by atoms with van der Waals surface area (Å²) in [7, 11) is 0. The van der Waals surface area contributed by atoms with Crippen LogP contribution in [0.4, 0.5) is 5.69 Å². The fraction of sp³-hybridized carbons (Fsp3) is 0.286. The van der Waals surface area contributed by atoms with Crippen molar-refractivity contribution in [3.8, 4) is 0 Å². The highest BCUT2D eigenvalue weighted by molar-refractivity contribution is 6.06.